The van der Waals surface area contributed by atoms with Crippen LogP contribution in [-0.2, 0) is 4.74 Å². The summed E-state index contributed by atoms with van der Waals surface area (Å²) >= 11 is 0. The molecule has 0 heterocycles. The fraction of sp³-hybridized carbons (Fsp3) is 0.316. The number of hydrogen-bond acceptors (Lipinski definition) is 7. The molecule has 148 valence electrons. The van der Waals surface area contributed by atoms with Crippen LogP contribution in [0.4, 0.5) is 5.69 Å². The molecule has 0 bridgehead atoms. The Kier molecular flexibility index (Phi) is 8.45. The van der Waals surface area contributed by atoms with Crippen molar-refractivity contribution in [1.82, 2.24) is 0 Å². The predicted molar refractivity (Wildman–Crippen MR) is 104 cm³/mol. The van der Waals surface area contributed by atoms with Gasteiger partial charge >= 0.3 is 18.8 Å². The van der Waals surface area contributed by atoms with Gasteiger partial charge < -0.3 is 19.5 Å². The number of carbonyl (C=O) groups excluding carboxylic acids is 1. The van der Waals surface area contributed by atoms with E-state index in [1.807, 2.05) is 0 Å². The molecule has 0 saturated heterocycles. The third-order valence-corrected chi connectivity index (χ3v) is 4.04. The van der Waals surface area contributed by atoms with Crippen LogP contribution in [-0.4, -0.2) is 41.3 Å². The van der Waals surface area contributed by atoms with E-state index in [0.29, 0.717) is 24.1 Å². The summed E-state index contributed by atoms with van der Waals surface area (Å²) in [5.41, 5.74) is 0.609. The molecule has 9 heteroatoms. The van der Waals surface area contributed by atoms with Gasteiger partial charge in [-0.05, 0) is 49.3 Å². The van der Waals surface area contributed by atoms with Gasteiger partial charge in [-0.2, -0.15) is 0 Å². The van der Waals surface area contributed by atoms with E-state index in [1.54, 1.807) is 18.2 Å². The lowest BCUT2D eigenvalue weighted by Gasteiger charge is -2.07. The van der Waals surface area contributed by atoms with Crippen molar-refractivity contribution >= 4 is 24.2 Å². The summed E-state index contributed by atoms with van der Waals surface area (Å²) in [4.78, 5) is 22.3. The van der Waals surface area contributed by atoms with E-state index in [9.17, 15) is 14.9 Å². The number of benzene rings is 2. The highest BCUT2D eigenvalue weighted by Crippen LogP contribution is 2.25. The van der Waals surface area contributed by atoms with Crippen molar-refractivity contribution in [2.45, 2.75) is 25.7 Å². The summed E-state index contributed by atoms with van der Waals surface area (Å²) in [6.07, 6.45) is 3.13. The molecule has 8 nitrogen and oxygen atoms in total. The fourth-order valence-corrected chi connectivity index (χ4v) is 2.51. The van der Waals surface area contributed by atoms with Gasteiger partial charge in [0.2, 0.25) is 0 Å². The van der Waals surface area contributed by atoms with Gasteiger partial charge in [0.1, 0.15) is 0 Å². The number of nitro benzene ring substituents is 1. The zero-order chi connectivity index (χ0) is 20.4. The smallest absolute Gasteiger partial charge is 0.487 e. The molecule has 0 aliphatic heterocycles. The van der Waals surface area contributed by atoms with Crippen molar-refractivity contribution in [3.63, 3.8) is 0 Å². The number of hydrogen-bond donors (Lipinski definition) is 2. The minimum absolute atomic E-state index is 0.0454. The number of ether oxygens (including phenoxy) is 2. The first kappa shape index (κ1) is 21.4. The van der Waals surface area contributed by atoms with Crippen LogP contribution in [0, 0.1) is 10.1 Å². The minimum atomic E-state index is -1.57. The Bertz CT molecular complexity index is 780. The van der Waals surface area contributed by atoms with Crippen LogP contribution in [0.2, 0.25) is 0 Å². The molecular weight excluding hydrogens is 365 g/mol. The van der Waals surface area contributed by atoms with Crippen LogP contribution in [0.15, 0.2) is 48.5 Å². The molecule has 0 fully saturated rings. The molecule has 28 heavy (non-hydrogen) atoms. The zero-order valence-corrected chi connectivity index (χ0v) is 15.3. The molecule has 0 unspecified atom stereocenters. The molecular formula is C19H22BNO7. The van der Waals surface area contributed by atoms with Gasteiger partial charge in [-0.25, -0.2) is 4.79 Å². The third-order valence-electron chi connectivity index (χ3n) is 4.04. The summed E-state index contributed by atoms with van der Waals surface area (Å²) in [6.45, 7) is 0.669. The Hall–Kier alpha value is -2.91. The Morgan fingerprint density at radius 3 is 2.25 bits per heavy atom. The molecule has 0 aliphatic carbocycles. The van der Waals surface area contributed by atoms with Crippen LogP contribution in [0.1, 0.15) is 36.0 Å². The van der Waals surface area contributed by atoms with Crippen molar-refractivity contribution < 1.29 is 29.2 Å². The van der Waals surface area contributed by atoms with Gasteiger partial charge in [-0.1, -0.05) is 24.3 Å². The number of para-hydroxylation sites is 2. The predicted octanol–water partition coefficient (Wildman–Crippen LogP) is 2.07. The Morgan fingerprint density at radius 1 is 0.964 bits per heavy atom. The van der Waals surface area contributed by atoms with Crippen LogP contribution in [0.5, 0.6) is 5.75 Å². The van der Waals surface area contributed by atoms with Crippen LogP contribution >= 0.6 is 0 Å². The maximum Gasteiger partial charge on any atom is 0.488 e. The summed E-state index contributed by atoms with van der Waals surface area (Å²) in [5, 5.41) is 28.9. The van der Waals surface area contributed by atoms with Crippen LogP contribution in [0.25, 0.3) is 0 Å². The van der Waals surface area contributed by atoms with E-state index in [0.717, 1.165) is 19.3 Å². The van der Waals surface area contributed by atoms with Gasteiger partial charge in [0, 0.05) is 6.07 Å². The SMILES string of the molecule is O=C(OCCCCCCOc1ccccc1[N+](=O)[O-])c1ccc(B(O)O)cc1. The fourth-order valence-electron chi connectivity index (χ4n) is 2.51. The molecule has 2 aromatic rings. The second-order valence-corrected chi connectivity index (χ2v) is 6.12. The number of nitro groups is 1. The van der Waals surface area contributed by atoms with Crippen LogP contribution < -0.4 is 10.2 Å². The second-order valence-electron chi connectivity index (χ2n) is 6.12. The van der Waals surface area contributed by atoms with Gasteiger partial charge in [-0.3, -0.25) is 10.1 Å². The summed E-state index contributed by atoms with van der Waals surface area (Å²) < 4.78 is 10.6. The monoisotopic (exact) mass is 387 g/mol. The van der Waals surface area contributed by atoms with E-state index in [4.69, 9.17) is 19.5 Å². The third kappa shape index (κ3) is 6.68. The van der Waals surface area contributed by atoms with Crippen molar-refractivity contribution in [3.05, 3.63) is 64.2 Å². The molecule has 0 spiro atoms. The quantitative estimate of drug-likeness (QED) is 0.199. The van der Waals surface area contributed by atoms with Crippen LogP contribution in [0.3, 0.4) is 0 Å². The average molecular weight is 387 g/mol. The minimum Gasteiger partial charge on any atom is -0.487 e. The van der Waals surface area contributed by atoms with E-state index in [2.05, 4.69) is 0 Å². The largest absolute Gasteiger partial charge is 0.488 e. The normalized spacial score (nSPS) is 10.4. The first-order chi connectivity index (χ1) is 13.5. The molecule has 0 amide bonds. The van der Waals surface area contributed by atoms with Gasteiger partial charge in [0.25, 0.3) is 0 Å². The number of unbranched alkanes of at least 4 members (excludes halogenated alkanes) is 3. The maximum absolute atomic E-state index is 11.9. The van der Waals surface area contributed by atoms with Gasteiger partial charge in [0.05, 0.1) is 23.7 Å². The van der Waals surface area contributed by atoms with Crippen molar-refractivity contribution in [2.75, 3.05) is 13.2 Å². The van der Waals surface area contributed by atoms with Crippen molar-refractivity contribution in [1.29, 1.82) is 0 Å². The maximum atomic E-state index is 11.9. The molecule has 2 N–H and O–H groups in total. The lowest BCUT2D eigenvalue weighted by atomic mass is 9.80. The number of rotatable bonds is 11. The van der Waals surface area contributed by atoms with E-state index in [1.165, 1.54) is 30.3 Å². The summed E-state index contributed by atoms with van der Waals surface area (Å²) in [7, 11) is -1.57. The Morgan fingerprint density at radius 2 is 1.61 bits per heavy atom. The second kappa shape index (κ2) is 11.1. The van der Waals surface area contributed by atoms with Gasteiger partial charge in [-0.15, -0.1) is 0 Å². The van der Waals surface area contributed by atoms with Crippen molar-refractivity contribution in [3.8, 4) is 5.75 Å². The first-order valence-electron chi connectivity index (χ1n) is 8.98. The van der Waals surface area contributed by atoms with Crippen molar-refractivity contribution in [2.24, 2.45) is 0 Å². The lowest BCUT2D eigenvalue weighted by molar-refractivity contribution is -0.385. The lowest BCUT2D eigenvalue weighted by Crippen LogP contribution is -2.29. The number of carbonyl (C=O) groups is 1. The highest BCUT2D eigenvalue weighted by molar-refractivity contribution is 6.58. The van der Waals surface area contributed by atoms with Gasteiger partial charge in [0.15, 0.2) is 5.75 Å². The number of nitrogens with zero attached hydrogens (tertiary/aromatic N) is 1. The highest BCUT2D eigenvalue weighted by atomic mass is 16.6. The molecule has 0 saturated carbocycles. The topological polar surface area (TPSA) is 119 Å². The van der Waals surface area contributed by atoms with E-state index in [-0.39, 0.29) is 18.0 Å². The van der Waals surface area contributed by atoms with E-state index < -0.39 is 18.0 Å². The standard InChI is InChI=1S/C19H22BNO7/c22-19(15-9-11-16(12-10-15)20(23)24)28-14-6-2-1-5-13-27-18-8-4-3-7-17(18)21(25)26/h3-4,7-12,23-24H,1-2,5-6,13-14H2. The molecule has 0 atom stereocenters. The Labute approximate surface area is 163 Å². The molecule has 2 aromatic carbocycles. The zero-order valence-electron chi connectivity index (χ0n) is 15.3. The summed E-state index contributed by atoms with van der Waals surface area (Å²) in [6, 6.07) is 12.1. The molecule has 0 aromatic heterocycles. The number of esters is 1. The van der Waals surface area contributed by atoms with E-state index >= 15 is 0 Å². The molecule has 2 rings (SSSR count). The molecule has 0 radical (unpaired) electrons. The average Bonchev–Trinajstić information content (AvgIpc) is 2.70. The Balaban J connectivity index is 1.58. The first-order valence-corrected chi connectivity index (χ1v) is 8.98. The highest BCUT2D eigenvalue weighted by Gasteiger charge is 2.14. The molecule has 0 aliphatic rings. The summed E-state index contributed by atoms with van der Waals surface area (Å²) in [5.74, 6) is -0.195.